The van der Waals surface area contributed by atoms with Crippen LogP contribution in [0.3, 0.4) is 0 Å². The lowest BCUT2D eigenvalue weighted by molar-refractivity contribution is 0.229. The topological polar surface area (TPSA) is 92.5 Å². The van der Waals surface area contributed by atoms with Gasteiger partial charge in [-0.1, -0.05) is 30.1 Å². The molecule has 0 aliphatic carbocycles. The highest BCUT2D eigenvalue weighted by atomic mass is 35.5. The third-order valence-electron chi connectivity index (χ3n) is 5.15. The van der Waals surface area contributed by atoms with Crippen molar-refractivity contribution >= 4 is 46.6 Å². The number of piperidine rings is 1. The standard InChI is InChI=1S/C21H26Cl2N8/c1-4-31-9-7-15(8-10-31)27-19-11-14(2)26-21(29-19)30(3)20(25-13-24)28-16-5-6-17(22)18(23)12-16/h5-6,11-12,15H,4,7-10H2,1-3H3,(H,25,28)(H,26,27,29). The van der Waals surface area contributed by atoms with Crippen LogP contribution in [-0.2, 0) is 0 Å². The van der Waals surface area contributed by atoms with Gasteiger partial charge in [0.1, 0.15) is 5.82 Å². The van der Waals surface area contributed by atoms with Crippen LogP contribution in [0.5, 0.6) is 0 Å². The van der Waals surface area contributed by atoms with Crippen LogP contribution in [0.4, 0.5) is 17.5 Å². The van der Waals surface area contributed by atoms with Crippen LogP contribution >= 0.6 is 23.2 Å². The minimum absolute atomic E-state index is 0.272. The third-order valence-corrected chi connectivity index (χ3v) is 5.89. The van der Waals surface area contributed by atoms with E-state index < -0.39 is 0 Å². The number of guanidine groups is 1. The molecule has 1 aromatic heterocycles. The predicted molar refractivity (Wildman–Crippen MR) is 126 cm³/mol. The van der Waals surface area contributed by atoms with Gasteiger partial charge in [0.15, 0.2) is 6.19 Å². The molecule has 0 unspecified atom stereocenters. The number of halogens is 2. The zero-order chi connectivity index (χ0) is 22.4. The number of nitrogens with one attached hydrogen (secondary N) is 2. The van der Waals surface area contributed by atoms with Gasteiger partial charge in [-0.05, 0) is 44.5 Å². The first-order chi connectivity index (χ1) is 14.9. The maximum absolute atomic E-state index is 9.20. The van der Waals surface area contributed by atoms with Gasteiger partial charge in [-0.15, -0.1) is 0 Å². The van der Waals surface area contributed by atoms with Gasteiger partial charge in [0.05, 0.1) is 15.7 Å². The smallest absolute Gasteiger partial charge is 0.234 e. The fourth-order valence-electron chi connectivity index (χ4n) is 3.39. The normalized spacial score (nSPS) is 15.4. The Bertz CT molecular complexity index is 980. The summed E-state index contributed by atoms with van der Waals surface area (Å²) in [5.74, 6) is 1.46. The van der Waals surface area contributed by atoms with Gasteiger partial charge in [0.25, 0.3) is 0 Å². The van der Waals surface area contributed by atoms with Crippen LogP contribution in [0, 0.1) is 18.4 Å². The average molecular weight is 461 g/mol. The Morgan fingerprint density at radius 3 is 2.65 bits per heavy atom. The van der Waals surface area contributed by atoms with E-state index in [0.29, 0.717) is 27.7 Å². The Kier molecular flexibility index (Phi) is 7.91. The van der Waals surface area contributed by atoms with E-state index in [0.717, 1.165) is 44.0 Å². The average Bonchev–Trinajstić information content (AvgIpc) is 2.75. The maximum atomic E-state index is 9.20. The van der Waals surface area contributed by atoms with E-state index >= 15 is 0 Å². The summed E-state index contributed by atoms with van der Waals surface area (Å²) in [6.07, 6.45) is 4.05. The highest BCUT2D eigenvalue weighted by Gasteiger charge is 2.20. The molecule has 1 aliphatic rings. The molecule has 2 aromatic rings. The van der Waals surface area contributed by atoms with Crippen molar-refractivity contribution < 1.29 is 0 Å². The number of likely N-dealkylation sites (tertiary alicyclic amines) is 1. The van der Waals surface area contributed by atoms with Crippen molar-refractivity contribution in [3.05, 3.63) is 40.0 Å². The summed E-state index contributed by atoms with van der Waals surface area (Å²) >= 11 is 12.1. The summed E-state index contributed by atoms with van der Waals surface area (Å²) in [6, 6.07) is 7.30. The van der Waals surface area contributed by atoms with E-state index in [4.69, 9.17) is 23.2 Å². The largest absolute Gasteiger partial charge is 0.367 e. The molecule has 0 bridgehead atoms. The molecule has 8 nitrogen and oxygen atoms in total. The number of rotatable bonds is 5. The fourth-order valence-corrected chi connectivity index (χ4v) is 3.68. The first kappa shape index (κ1) is 23.1. The summed E-state index contributed by atoms with van der Waals surface area (Å²) in [4.78, 5) is 17.7. The summed E-state index contributed by atoms with van der Waals surface area (Å²) < 4.78 is 0. The van der Waals surface area contributed by atoms with Crippen molar-refractivity contribution in [1.82, 2.24) is 20.2 Å². The second kappa shape index (κ2) is 10.6. The lowest BCUT2D eigenvalue weighted by Gasteiger charge is -2.31. The van der Waals surface area contributed by atoms with Gasteiger partial charge in [0.2, 0.25) is 11.9 Å². The number of nitrogens with zero attached hydrogens (tertiary/aromatic N) is 6. The SMILES string of the molecule is CCN1CCC(Nc2cc(C)nc(N(C)C(=Nc3ccc(Cl)c(Cl)c3)NC#N)n2)CC1. The van der Waals surface area contributed by atoms with Gasteiger partial charge < -0.3 is 10.2 Å². The predicted octanol–water partition coefficient (Wildman–Crippen LogP) is 4.18. The molecule has 3 rings (SSSR count). The first-order valence-corrected chi connectivity index (χ1v) is 10.9. The van der Waals surface area contributed by atoms with Gasteiger partial charge in [-0.3, -0.25) is 10.2 Å². The van der Waals surface area contributed by atoms with E-state index in [2.05, 4.69) is 37.4 Å². The number of benzene rings is 1. The Balaban J connectivity index is 1.81. The Morgan fingerprint density at radius 2 is 2.00 bits per heavy atom. The van der Waals surface area contributed by atoms with Crippen LogP contribution in [0.25, 0.3) is 0 Å². The molecule has 1 saturated heterocycles. The highest BCUT2D eigenvalue weighted by molar-refractivity contribution is 6.42. The summed E-state index contributed by atoms with van der Waals surface area (Å²) in [7, 11) is 1.75. The second-order valence-electron chi connectivity index (χ2n) is 7.38. The van der Waals surface area contributed by atoms with E-state index in [-0.39, 0.29) is 5.96 Å². The van der Waals surface area contributed by atoms with Crippen molar-refractivity contribution in [3.63, 3.8) is 0 Å². The number of aromatic nitrogens is 2. The lowest BCUT2D eigenvalue weighted by atomic mass is 10.1. The molecule has 0 spiro atoms. The van der Waals surface area contributed by atoms with Gasteiger partial charge >= 0.3 is 0 Å². The Hall–Kier alpha value is -2.60. The lowest BCUT2D eigenvalue weighted by Crippen LogP contribution is -2.39. The molecular weight excluding hydrogens is 435 g/mol. The number of nitriles is 1. The number of aryl methyl sites for hydroxylation is 1. The minimum atomic E-state index is 0.272. The van der Waals surface area contributed by atoms with Gasteiger partial charge in [0, 0.05) is 37.9 Å². The molecule has 0 radical (unpaired) electrons. The molecule has 10 heteroatoms. The first-order valence-electron chi connectivity index (χ1n) is 10.2. The molecule has 0 atom stereocenters. The fraction of sp³-hybridized carbons (Fsp3) is 0.429. The number of anilines is 2. The van der Waals surface area contributed by atoms with Crippen LogP contribution in [0.2, 0.25) is 10.0 Å². The summed E-state index contributed by atoms with van der Waals surface area (Å²) in [5, 5.41) is 16.2. The molecule has 0 amide bonds. The van der Waals surface area contributed by atoms with E-state index in [1.807, 2.05) is 19.2 Å². The summed E-state index contributed by atoms with van der Waals surface area (Å²) in [5.41, 5.74) is 1.36. The van der Waals surface area contributed by atoms with Crippen LogP contribution < -0.4 is 15.5 Å². The number of hydrogen-bond donors (Lipinski definition) is 2. The van der Waals surface area contributed by atoms with Crippen LogP contribution in [0.1, 0.15) is 25.5 Å². The molecule has 1 fully saturated rings. The van der Waals surface area contributed by atoms with E-state index in [1.54, 1.807) is 30.1 Å². The van der Waals surface area contributed by atoms with Crippen LogP contribution in [0.15, 0.2) is 29.3 Å². The monoisotopic (exact) mass is 460 g/mol. The molecular formula is C21H26Cl2N8. The van der Waals surface area contributed by atoms with Crippen molar-refractivity contribution in [2.75, 3.05) is 36.9 Å². The van der Waals surface area contributed by atoms with Crippen molar-refractivity contribution in [2.24, 2.45) is 4.99 Å². The minimum Gasteiger partial charge on any atom is -0.367 e. The highest BCUT2D eigenvalue weighted by Crippen LogP contribution is 2.27. The van der Waals surface area contributed by atoms with Gasteiger partial charge in [-0.25, -0.2) is 9.98 Å². The Morgan fingerprint density at radius 1 is 1.26 bits per heavy atom. The Labute approximate surface area is 192 Å². The van der Waals surface area contributed by atoms with E-state index in [9.17, 15) is 5.26 Å². The molecule has 1 aliphatic heterocycles. The van der Waals surface area contributed by atoms with Crippen LogP contribution in [-0.4, -0.2) is 53.6 Å². The summed E-state index contributed by atoms with van der Waals surface area (Å²) in [6.45, 7) is 7.35. The number of aliphatic imine (C=N–C) groups is 1. The zero-order valence-electron chi connectivity index (χ0n) is 17.9. The molecule has 1 aromatic carbocycles. The van der Waals surface area contributed by atoms with Crippen molar-refractivity contribution in [1.29, 1.82) is 5.26 Å². The molecule has 164 valence electrons. The molecule has 2 heterocycles. The van der Waals surface area contributed by atoms with Crippen molar-refractivity contribution in [3.8, 4) is 6.19 Å². The maximum Gasteiger partial charge on any atom is 0.234 e. The zero-order valence-corrected chi connectivity index (χ0v) is 19.4. The quantitative estimate of drug-likeness (QED) is 0.299. The third kappa shape index (κ3) is 6.20. The number of hydrogen-bond acceptors (Lipinski definition) is 6. The second-order valence-corrected chi connectivity index (χ2v) is 8.19. The van der Waals surface area contributed by atoms with E-state index in [1.165, 1.54) is 0 Å². The van der Waals surface area contributed by atoms with Crippen molar-refractivity contribution in [2.45, 2.75) is 32.7 Å². The molecule has 0 saturated carbocycles. The molecule has 31 heavy (non-hydrogen) atoms. The van der Waals surface area contributed by atoms with Gasteiger partial charge in [-0.2, -0.15) is 10.2 Å². The molecule has 2 N–H and O–H groups in total.